The third-order valence-electron chi connectivity index (χ3n) is 8.19. The van der Waals surface area contributed by atoms with Gasteiger partial charge in [0.1, 0.15) is 11.6 Å². The summed E-state index contributed by atoms with van der Waals surface area (Å²) in [6.07, 6.45) is 5.04. The van der Waals surface area contributed by atoms with E-state index in [1.165, 1.54) is 22.8 Å². The predicted molar refractivity (Wildman–Crippen MR) is 139 cm³/mol. The molecule has 2 aliphatic rings. The normalized spacial score (nSPS) is 17.8. The van der Waals surface area contributed by atoms with Crippen LogP contribution in [0.2, 0.25) is 0 Å². The van der Waals surface area contributed by atoms with Crippen LogP contribution in [0.15, 0.2) is 54.6 Å². The Kier molecular flexibility index (Phi) is 6.18. The molecule has 36 heavy (non-hydrogen) atoms. The number of hydrogen-bond donors (Lipinski definition) is 0. The Balaban J connectivity index is 1.41. The van der Waals surface area contributed by atoms with E-state index in [9.17, 15) is 14.3 Å². The van der Waals surface area contributed by atoms with Crippen LogP contribution in [0.3, 0.4) is 0 Å². The summed E-state index contributed by atoms with van der Waals surface area (Å²) in [5.74, 6) is -0.473. The Morgan fingerprint density at radius 1 is 1.00 bits per heavy atom. The van der Waals surface area contributed by atoms with E-state index in [0.717, 1.165) is 48.8 Å². The van der Waals surface area contributed by atoms with Crippen molar-refractivity contribution in [3.05, 3.63) is 88.2 Å². The molecule has 1 unspecified atom stereocenters. The van der Waals surface area contributed by atoms with Crippen molar-refractivity contribution < 1.29 is 19.0 Å². The van der Waals surface area contributed by atoms with Crippen LogP contribution >= 0.6 is 0 Å². The highest BCUT2D eigenvalue weighted by molar-refractivity contribution is 5.71. The van der Waals surface area contributed by atoms with Crippen molar-refractivity contribution in [2.45, 2.75) is 70.6 Å². The highest BCUT2D eigenvalue weighted by atomic mass is 19.1. The van der Waals surface area contributed by atoms with Crippen LogP contribution in [-0.4, -0.2) is 13.1 Å². The maximum atomic E-state index is 15.0. The Morgan fingerprint density at radius 3 is 2.33 bits per heavy atom. The summed E-state index contributed by atoms with van der Waals surface area (Å²) in [6, 6.07) is 17.9. The summed E-state index contributed by atoms with van der Waals surface area (Å²) in [6.45, 7) is 6.44. The number of benzene rings is 3. The standard InChI is InChI=1S/C32H35FO3/c1-31(2,3)27-11-8-21(16-25(27)26-17-23(36-4)9-12-29(26)33)6-5-20-7-10-24-22(15-20)19-32(13-14-32)28(24)18-30(34)35/h7-12,15-17,28H,5-6,13-14,18-19H2,1-4H3,(H,34,35)/p-1. The van der Waals surface area contributed by atoms with Gasteiger partial charge in [-0.3, -0.25) is 0 Å². The number of aryl methyl sites for hydroxylation is 2. The number of carboxylic acids is 1. The molecule has 1 fully saturated rings. The maximum absolute atomic E-state index is 15.0. The number of rotatable bonds is 7. The van der Waals surface area contributed by atoms with Crippen molar-refractivity contribution in [1.82, 2.24) is 0 Å². The maximum Gasteiger partial charge on any atom is 0.131 e. The van der Waals surface area contributed by atoms with Gasteiger partial charge in [0.15, 0.2) is 0 Å². The Bertz CT molecular complexity index is 1310. The van der Waals surface area contributed by atoms with Gasteiger partial charge in [-0.2, -0.15) is 0 Å². The zero-order valence-electron chi connectivity index (χ0n) is 21.6. The molecular formula is C32H34FO3-. The van der Waals surface area contributed by atoms with Gasteiger partial charge in [0.2, 0.25) is 0 Å². The minimum absolute atomic E-state index is 0.0943. The lowest BCUT2D eigenvalue weighted by Crippen LogP contribution is -2.26. The molecular weight excluding hydrogens is 451 g/mol. The van der Waals surface area contributed by atoms with E-state index in [-0.39, 0.29) is 29.0 Å². The first-order chi connectivity index (χ1) is 17.1. The van der Waals surface area contributed by atoms with Gasteiger partial charge in [0.25, 0.3) is 0 Å². The van der Waals surface area contributed by atoms with Gasteiger partial charge in [0, 0.05) is 11.5 Å². The van der Waals surface area contributed by atoms with E-state index in [1.807, 2.05) is 0 Å². The minimum Gasteiger partial charge on any atom is -0.550 e. The zero-order valence-corrected chi connectivity index (χ0v) is 21.6. The molecule has 3 aromatic carbocycles. The van der Waals surface area contributed by atoms with E-state index >= 15 is 0 Å². The first-order valence-electron chi connectivity index (χ1n) is 12.9. The quantitative estimate of drug-likeness (QED) is 0.404. The SMILES string of the molecule is COc1ccc(F)c(-c2cc(CCc3ccc4c(c3)CC3(CC3)C4CC(=O)[O-])ccc2C(C)(C)C)c1. The van der Waals surface area contributed by atoms with E-state index < -0.39 is 5.97 Å². The molecule has 0 aliphatic heterocycles. The highest BCUT2D eigenvalue weighted by Crippen LogP contribution is 2.64. The van der Waals surface area contributed by atoms with Crippen molar-refractivity contribution >= 4 is 5.97 Å². The topological polar surface area (TPSA) is 49.4 Å². The van der Waals surface area contributed by atoms with E-state index in [4.69, 9.17) is 4.74 Å². The third kappa shape index (κ3) is 4.66. The molecule has 0 bridgehead atoms. The van der Waals surface area contributed by atoms with Crippen LogP contribution in [-0.2, 0) is 29.5 Å². The number of ether oxygens (including phenoxy) is 1. The van der Waals surface area contributed by atoms with Crippen molar-refractivity contribution in [2.24, 2.45) is 5.41 Å². The zero-order chi connectivity index (χ0) is 25.7. The summed E-state index contributed by atoms with van der Waals surface area (Å²) in [4.78, 5) is 11.3. The predicted octanol–water partition coefficient (Wildman–Crippen LogP) is 6.14. The average Bonchev–Trinajstić information content (AvgIpc) is 3.54. The molecule has 3 nitrogen and oxygen atoms in total. The van der Waals surface area contributed by atoms with Crippen molar-refractivity contribution in [1.29, 1.82) is 0 Å². The summed E-state index contributed by atoms with van der Waals surface area (Å²) >= 11 is 0. The summed E-state index contributed by atoms with van der Waals surface area (Å²) in [7, 11) is 1.60. The largest absolute Gasteiger partial charge is 0.550 e. The van der Waals surface area contributed by atoms with Gasteiger partial charge < -0.3 is 14.6 Å². The molecule has 3 aromatic rings. The van der Waals surface area contributed by atoms with Gasteiger partial charge in [0.05, 0.1) is 7.11 Å². The van der Waals surface area contributed by atoms with Crippen molar-refractivity contribution in [3.8, 4) is 16.9 Å². The number of carboxylic acid groups (broad SMARTS) is 1. The van der Waals surface area contributed by atoms with Crippen LogP contribution in [0.5, 0.6) is 5.75 Å². The molecule has 1 spiro atoms. The molecule has 5 rings (SSSR count). The number of carbonyl (C=O) groups is 1. The Hall–Kier alpha value is -3.14. The second-order valence-corrected chi connectivity index (χ2v) is 11.7. The van der Waals surface area contributed by atoms with Gasteiger partial charge in [-0.15, -0.1) is 0 Å². The second kappa shape index (κ2) is 9.06. The van der Waals surface area contributed by atoms with Gasteiger partial charge >= 0.3 is 0 Å². The molecule has 0 amide bonds. The van der Waals surface area contributed by atoms with E-state index in [1.54, 1.807) is 19.2 Å². The second-order valence-electron chi connectivity index (χ2n) is 11.7. The lowest BCUT2D eigenvalue weighted by atomic mass is 9.80. The Labute approximate surface area is 213 Å². The molecule has 0 radical (unpaired) electrons. The van der Waals surface area contributed by atoms with Gasteiger partial charge in [-0.05, 0) is 107 Å². The van der Waals surface area contributed by atoms with E-state index in [2.05, 4.69) is 57.2 Å². The van der Waals surface area contributed by atoms with Crippen LogP contribution in [0.4, 0.5) is 4.39 Å². The number of methoxy groups -OCH3 is 1. The fourth-order valence-corrected chi connectivity index (χ4v) is 6.07. The number of aliphatic carboxylic acids is 1. The lowest BCUT2D eigenvalue weighted by Gasteiger charge is -2.24. The summed E-state index contributed by atoms with van der Waals surface area (Å²) in [5, 5.41) is 11.3. The third-order valence-corrected chi connectivity index (χ3v) is 8.19. The molecule has 2 aliphatic carbocycles. The smallest absolute Gasteiger partial charge is 0.131 e. The van der Waals surface area contributed by atoms with Crippen molar-refractivity contribution in [2.75, 3.05) is 7.11 Å². The molecule has 0 N–H and O–H groups in total. The minimum atomic E-state index is -0.954. The van der Waals surface area contributed by atoms with Crippen LogP contribution < -0.4 is 9.84 Å². The molecule has 0 saturated heterocycles. The fraction of sp³-hybridized carbons (Fsp3) is 0.406. The summed E-state index contributed by atoms with van der Waals surface area (Å²) < 4.78 is 20.3. The number of fused-ring (bicyclic) bond motifs is 1. The molecule has 188 valence electrons. The fourth-order valence-electron chi connectivity index (χ4n) is 6.07. The first-order valence-corrected chi connectivity index (χ1v) is 12.9. The highest BCUT2D eigenvalue weighted by Gasteiger charge is 2.53. The van der Waals surface area contributed by atoms with Gasteiger partial charge in [-0.25, -0.2) is 4.39 Å². The number of halogens is 1. The van der Waals surface area contributed by atoms with Gasteiger partial charge in [-0.1, -0.05) is 57.2 Å². The van der Waals surface area contributed by atoms with Crippen LogP contribution in [0, 0.1) is 11.2 Å². The number of carbonyl (C=O) groups excluding carboxylic acids is 1. The molecule has 1 saturated carbocycles. The molecule has 0 aromatic heterocycles. The average molecular weight is 486 g/mol. The number of hydrogen-bond acceptors (Lipinski definition) is 3. The van der Waals surface area contributed by atoms with E-state index in [0.29, 0.717) is 11.3 Å². The lowest BCUT2D eigenvalue weighted by molar-refractivity contribution is -0.306. The van der Waals surface area contributed by atoms with Crippen LogP contribution in [0.25, 0.3) is 11.1 Å². The molecule has 4 heteroatoms. The van der Waals surface area contributed by atoms with Crippen molar-refractivity contribution in [3.63, 3.8) is 0 Å². The molecule has 0 heterocycles. The monoisotopic (exact) mass is 485 g/mol. The summed E-state index contributed by atoms with van der Waals surface area (Å²) in [5.41, 5.74) is 7.51. The Morgan fingerprint density at radius 2 is 1.69 bits per heavy atom. The van der Waals surface area contributed by atoms with Crippen LogP contribution in [0.1, 0.15) is 73.8 Å². The molecule has 1 atom stereocenters. The first kappa shape index (κ1) is 24.5.